The Morgan fingerprint density at radius 2 is 1.65 bits per heavy atom. The maximum absolute atomic E-state index is 13.1. The van der Waals surface area contributed by atoms with Crippen molar-refractivity contribution in [2.75, 3.05) is 56.9 Å². The Balaban J connectivity index is 1.43. The van der Waals surface area contributed by atoms with Gasteiger partial charge in [0.25, 0.3) is 0 Å². The zero-order chi connectivity index (χ0) is 23.8. The zero-order valence-corrected chi connectivity index (χ0v) is 21.1. The molecule has 0 aromatic heterocycles. The number of anilines is 2. The smallest absolute Gasteiger partial charge is 0.240 e. The van der Waals surface area contributed by atoms with Gasteiger partial charge in [-0.1, -0.05) is 49.6 Å². The van der Waals surface area contributed by atoms with Crippen LogP contribution in [0.1, 0.15) is 37.7 Å². The molecule has 0 spiro atoms. The zero-order valence-electron chi connectivity index (χ0n) is 20.3. The Morgan fingerprint density at radius 1 is 0.912 bits per heavy atom. The number of rotatable bonds is 10. The Labute approximate surface area is 205 Å². The number of hydrogen-bond acceptors (Lipinski definition) is 6. The first-order chi connectivity index (χ1) is 16.5. The van der Waals surface area contributed by atoms with Gasteiger partial charge in [0.2, 0.25) is 10.0 Å². The van der Waals surface area contributed by atoms with Crippen LogP contribution in [-0.4, -0.2) is 70.6 Å². The predicted molar refractivity (Wildman–Crippen MR) is 140 cm³/mol. The Hall–Kier alpha value is -2.13. The predicted octanol–water partition coefficient (Wildman–Crippen LogP) is 3.57. The normalized spacial score (nSPS) is 18.6. The molecular weight excluding hydrogens is 446 g/mol. The third-order valence-corrected chi connectivity index (χ3v) is 8.37. The summed E-state index contributed by atoms with van der Waals surface area (Å²) in [6.45, 7) is 5.80. The maximum atomic E-state index is 13.1. The molecule has 3 N–H and O–H groups in total. The molecule has 2 aromatic carbocycles. The van der Waals surface area contributed by atoms with Gasteiger partial charge in [0, 0.05) is 51.9 Å². The Kier molecular flexibility index (Phi) is 8.83. The molecular formula is C26H39N5O2S. The molecule has 7 nitrogen and oxygen atoms in total. The first kappa shape index (κ1) is 25.0. The number of piperazine rings is 1. The molecule has 0 amide bonds. The molecule has 1 heterocycles. The molecule has 0 atom stereocenters. The molecule has 186 valence electrons. The molecule has 2 aliphatic rings. The topological polar surface area (TPSA) is 76.7 Å². The number of nitrogens with zero attached hydrogens (tertiary/aromatic N) is 2. The van der Waals surface area contributed by atoms with Gasteiger partial charge in [-0.25, -0.2) is 13.1 Å². The average molecular weight is 486 g/mol. The molecule has 2 fully saturated rings. The lowest BCUT2D eigenvalue weighted by Crippen LogP contribution is -2.46. The van der Waals surface area contributed by atoms with Crippen molar-refractivity contribution in [2.24, 2.45) is 0 Å². The number of hydrogen-bond donors (Lipinski definition) is 3. The minimum Gasteiger partial charge on any atom is -0.381 e. The minimum absolute atomic E-state index is 0.302. The van der Waals surface area contributed by atoms with Crippen molar-refractivity contribution in [3.05, 3.63) is 54.1 Å². The summed E-state index contributed by atoms with van der Waals surface area (Å²) < 4.78 is 28.9. The van der Waals surface area contributed by atoms with E-state index in [0.717, 1.165) is 62.5 Å². The van der Waals surface area contributed by atoms with Crippen LogP contribution in [0.5, 0.6) is 0 Å². The molecule has 0 radical (unpaired) electrons. The van der Waals surface area contributed by atoms with Gasteiger partial charge in [0.05, 0.1) is 16.3 Å². The SMILES string of the molecule is CN1CCN(CCNS(=O)(=O)c2ccc(NC3CCCCC3)c(NCc3ccccc3)c2)CC1. The van der Waals surface area contributed by atoms with Crippen molar-refractivity contribution in [1.29, 1.82) is 0 Å². The van der Waals surface area contributed by atoms with Crippen molar-refractivity contribution < 1.29 is 8.42 Å². The van der Waals surface area contributed by atoms with Crippen LogP contribution in [0.25, 0.3) is 0 Å². The van der Waals surface area contributed by atoms with Gasteiger partial charge < -0.3 is 15.5 Å². The van der Waals surface area contributed by atoms with E-state index in [-0.39, 0.29) is 0 Å². The van der Waals surface area contributed by atoms with Gasteiger partial charge >= 0.3 is 0 Å². The number of sulfonamides is 1. The summed E-state index contributed by atoms with van der Waals surface area (Å²) in [5.74, 6) is 0. The van der Waals surface area contributed by atoms with Gasteiger partial charge in [0.15, 0.2) is 0 Å². The lowest BCUT2D eigenvalue weighted by molar-refractivity contribution is 0.156. The van der Waals surface area contributed by atoms with Gasteiger partial charge in [-0.3, -0.25) is 4.90 Å². The van der Waals surface area contributed by atoms with Gasteiger partial charge in [-0.15, -0.1) is 0 Å². The fraction of sp³-hybridized carbons (Fsp3) is 0.538. The number of nitrogens with one attached hydrogen (secondary N) is 3. The molecule has 4 rings (SSSR count). The second kappa shape index (κ2) is 12.0. The summed E-state index contributed by atoms with van der Waals surface area (Å²) >= 11 is 0. The lowest BCUT2D eigenvalue weighted by atomic mass is 9.95. The van der Waals surface area contributed by atoms with Crippen LogP contribution in [0, 0.1) is 0 Å². The number of likely N-dealkylation sites (N-methyl/N-ethyl adjacent to an activating group) is 1. The second-order valence-corrected chi connectivity index (χ2v) is 11.3. The summed E-state index contributed by atoms with van der Waals surface area (Å²) in [5, 5.41) is 7.14. The fourth-order valence-corrected chi connectivity index (χ4v) is 5.76. The highest BCUT2D eigenvalue weighted by atomic mass is 32.2. The monoisotopic (exact) mass is 485 g/mol. The highest BCUT2D eigenvalue weighted by Gasteiger charge is 2.20. The van der Waals surface area contributed by atoms with E-state index in [4.69, 9.17) is 0 Å². The third-order valence-electron chi connectivity index (χ3n) is 6.91. The molecule has 1 aliphatic heterocycles. The molecule has 34 heavy (non-hydrogen) atoms. The molecule has 1 aliphatic carbocycles. The Morgan fingerprint density at radius 3 is 2.38 bits per heavy atom. The van der Waals surface area contributed by atoms with E-state index in [1.54, 1.807) is 12.1 Å². The standard InChI is InChI=1S/C26H39N5O2S/c1-30-16-18-31(19-17-30)15-14-28-34(32,33)24-12-13-25(29-23-10-6-3-7-11-23)26(20-24)27-21-22-8-4-2-5-9-22/h2,4-5,8-9,12-13,20,23,27-29H,3,6-7,10-11,14-19,21H2,1H3. The average Bonchev–Trinajstić information content (AvgIpc) is 2.86. The minimum atomic E-state index is -3.58. The third kappa shape index (κ3) is 7.18. The van der Waals surface area contributed by atoms with E-state index in [0.29, 0.717) is 24.0 Å². The van der Waals surface area contributed by atoms with E-state index in [1.807, 2.05) is 24.3 Å². The van der Waals surface area contributed by atoms with Crippen LogP contribution in [-0.2, 0) is 16.6 Å². The van der Waals surface area contributed by atoms with Crippen LogP contribution in [0.4, 0.5) is 11.4 Å². The summed E-state index contributed by atoms with van der Waals surface area (Å²) in [5.41, 5.74) is 2.96. The highest BCUT2D eigenvalue weighted by Crippen LogP contribution is 2.29. The molecule has 1 saturated carbocycles. The van der Waals surface area contributed by atoms with Crippen LogP contribution < -0.4 is 15.4 Å². The summed E-state index contributed by atoms with van der Waals surface area (Å²) in [6.07, 6.45) is 6.11. The van der Waals surface area contributed by atoms with Crippen molar-refractivity contribution in [2.45, 2.75) is 49.6 Å². The molecule has 8 heteroatoms. The van der Waals surface area contributed by atoms with Crippen LogP contribution in [0.3, 0.4) is 0 Å². The molecule has 0 unspecified atom stereocenters. The van der Waals surface area contributed by atoms with E-state index >= 15 is 0 Å². The van der Waals surface area contributed by atoms with Crippen LogP contribution in [0.2, 0.25) is 0 Å². The molecule has 1 saturated heterocycles. The number of benzene rings is 2. The summed E-state index contributed by atoms with van der Waals surface area (Å²) in [4.78, 5) is 4.91. The first-order valence-electron chi connectivity index (χ1n) is 12.6. The quantitative estimate of drug-likeness (QED) is 0.478. The van der Waals surface area contributed by atoms with Crippen molar-refractivity contribution in [3.63, 3.8) is 0 Å². The van der Waals surface area contributed by atoms with E-state index < -0.39 is 10.0 Å². The second-order valence-electron chi connectivity index (χ2n) is 9.57. The van der Waals surface area contributed by atoms with Crippen LogP contribution in [0.15, 0.2) is 53.4 Å². The van der Waals surface area contributed by atoms with Gasteiger partial charge in [0.1, 0.15) is 0 Å². The molecule has 2 aromatic rings. The van der Waals surface area contributed by atoms with Crippen molar-refractivity contribution in [3.8, 4) is 0 Å². The summed E-state index contributed by atoms with van der Waals surface area (Å²) in [7, 11) is -1.46. The fourth-order valence-electron chi connectivity index (χ4n) is 4.72. The summed E-state index contributed by atoms with van der Waals surface area (Å²) in [6, 6.07) is 16.0. The van der Waals surface area contributed by atoms with E-state index in [9.17, 15) is 8.42 Å². The van der Waals surface area contributed by atoms with Crippen molar-refractivity contribution >= 4 is 21.4 Å². The largest absolute Gasteiger partial charge is 0.381 e. The van der Waals surface area contributed by atoms with E-state index in [1.165, 1.54) is 19.3 Å². The first-order valence-corrected chi connectivity index (χ1v) is 14.1. The van der Waals surface area contributed by atoms with E-state index in [2.05, 4.69) is 44.3 Å². The van der Waals surface area contributed by atoms with Gasteiger partial charge in [-0.05, 0) is 43.7 Å². The molecule has 0 bridgehead atoms. The maximum Gasteiger partial charge on any atom is 0.240 e. The Bertz CT molecular complexity index is 1000. The van der Waals surface area contributed by atoms with Gasteiger partial charge in [-0.2, -0.15) is 0 Å². The van der Waals surface area contributed by atoms with Crippen LogP contribution >= 0.6 is 0 Å². The lowest BCUT2D eigenvalue weighted by Gasteiger charge is -2.32. The highest BCUT2D eigenvalue weighted by molar-refractivity contribution is 7.89. The van der Waals surface area contributed by atoms with Crippen molar-refractivity contribution in [1.82, 2.24) is 14.5 Å².